The smallest absolute Gasteiger partial charge is 0.255 e. The third-order valence-corrected chi connectivity index (χ3v) is 6.51. The van der Waals surface area contributed by atoms with Gasteiger partial charge in [0.2, 0.25) is 5.95 Å². The Morgan fingerprint density at radius 2 is 1.71 bits per heavy atom. The van der Waals surface area contributed by atoms with Crippen LogP contribution in [-0.4, -0.2) is 20.7 Å². The maximum absolute atomic E-state index is 13.5. The number of amides is 1. The molecule has 0 saturated carbocycles. The number of rotatable bonds is 4. The number of para-hydroxylation sites is 1. The van der Waals surface area contributed by atoms with Crippen LogP contribution >= 0.6 is 23.2 Å². The van der Waals surface area contributed by atoms with Crippen LogP contribution in [0.4, 0.5) is 11.6 Å². The van der Waals surface area contributed by atoms with Crippen LogP contribution in [0.5, 0.6) is 0 Å². The van der Waals surface area contributed by atoms with Gasteiger partial charge in [-0.15, -0.1) is 5.10 Å². The standard InChI is InChI=1S/C26H21Cl2N5O/c1-15-8-6-7-11-19(15)24-31-26-29-16(2)22(25(34)30-18-9-4-3-5-10-18)23(33(26)32-24)17-12-13-20(27)21(28)14-17/h3-14,23H,1-2H3,(H,30,34)(H,29,31,32). The summed E-state index contributed by atoms with van der Waals surface area (Å²) in [5, 5.41) is 11.9. The van der Waals surface area contributed by atoms with Crippen molar-refractivity contribution in [3.63, 3.8) is 0 Å². The monoisotopic (exact) mass is 489 g/mol. The Bertz CT molecular complexity index is 1430. The fourth-order valence-electron chi connectivity index (χ4n) is 4.09. The van der Waals surface area contributed by atoms with E-state index in [9.17, 15) is 4.79 Å². The Balaban J connectivity index is 1.64. The van der Waals surface area contributed by atoms with Crippen molar-refractivity contribution < 1.29 is 4.79 Å². The molecule has 1 aliphatic heterocycles. The second-order valence-corrected chi connectivity index (χ2v) is 8.89. The molecular formula is C26H21Cl2N5O. The normalized spacial score (nSPS) is 15.0. The minimum absolute atomic E-state index is 0.245. The van der Waals surface area contributed by atoms with E-state index >= 15 is 0 Å². The van der Waals surface area contributed by atoms with Gasteiger partial charge in [-0.1, -0.05) is 71.7 Å². The van der Waals surface area contributed by atoms with Crippen molar-refractivity contribution in [2.75, 3.05) is 10.6 Å². The van der Waals surface area contributed by atoms with Gasteiger partial charge in [0, 0.05) is 16.9 Å². The van der Waals surface area contributed by atoms with Crippen molar-refractivity contribution in [1.29, 1.82) is 0 Å². The van der Waals surface area contributed by atoms with Crippen molar-refractivity contribution in [2.45, 2.75) is 19.9 Å². The highest BCUT2D eigenvalue weighted by molar-refractivity contribution is 6.42. The van der Waals surface area contributed by atoms with Crippen molar-refractivity contribution in [3.05, 3.63) is 105 Å². The Hall–Kier alpha value is -3.61. The second kappa shape index (κ2) is 8.97. The Labute approximate surface area is 207 Å². The quantitative estimate of drug-likeness (QED) is 0.343. The minimum Gasteiger partial charge on any atom is -0.328 e. The van der Waals surface area contributed by atoms with Gasteiger partial charge in [0.25, 0.3) is 5.91 Å². The van der Waals surface area contributed by atoms with Gasteiger partial charge in [0.05, 0.1) is 15.6 Å². The number of anilines is 2. The van der Waals surface area contributed by atoms with E-state index in [-0.39, 0.29) is 5.91 Å². The molecule has 1 unspecified atom stereocenters. The first-order valence-electron chi connectivity index (χ1n) is 10.7. The molecule has 6 nitrogen and oxygen atoms in total. The SMILES string of the molecule is CC1=C(C(=O)Nc2ccccc2)C(c2ccc(Cl)c(Cl)c2)n2nc(-c3ccccc3C)nc2N1. The van der Waals surface area contributed by atoms with Crippen molar-refractivity contribution in [3.8, 4) is 11.4 Å². The number of halogens is 2. The van der Waals surface area contributed by atoms with Gasteiger partial charge in [-0.3, -0.25) is 4.79 Å². The topological polar surface area (TPSA) is 71.8 Å². The number of fused-ring (bicyclic) bond motifs is 1. The van der Waals surface area contributed by atoms with Crippen LogP contribution in [0.3, 0.4) is 0 Å². The van der Waals surface area contributed by atoms with Gasteiger partial charge in [0.15, 0.2) is 5.82 Å². The summed E-state index contributed by atoms with van der Waals surface area (Å²) in [4.78, 5) is 18.3. The predicted molar refractivity (Wildman–Crippen MR) is 136 cm³/mol. The molecule has 0 bridgehead atoms. The van der Waals surface area contributed by atoms with Gasteiger partial charge in [-0.2, -0.15) is 4.98 Å². The first-order valence-corrected chi connectivity index (χ1v) is 11.5. The highest BCUT2D eigenvalue weighted by atomic mass is 35.5. The van der Waals surface area contributed by atoms with Crippen LogP contribution in [-0.2, 0) is 4.79 Å². The van der Waals surface area contributed by atoms with Crippen molar-refractivity contribution in [2.24, 2.45) is 0 Å². The summed E-state index contributed by atoms with van der Waals surface area (Å²) >= 11 is 12.6. The number of allylic oxidation sites excluding steroid dienone is 1. The van der Waals surface area contributed by atoms with Gasteiger partial charge in [-0.25, -0.2) is 4.68 Å². The lowest BCUT2D eigenvalue weighted by atomic mass is 9.95. The molecule has 0 saturated heterocycles. The van der Waals surface area contributed by atoms with Gasteiger partial charge < -0.3 is 10.6 Å². The molecule has 4 aromatic rings. The lowest BCUT2D eigenvalue weighted by Gasteiger charge is -2.29. The summed E-state index contributed by atoms with van der Waals surface area (Å²) in [5.74, 6) is 0.872. The summed E-state index contributed by atoms with van der Waals surface area (Å²) in [6.45, 7) is 3.87. The molecule has 0 spiro atoms. The number of aryl methyl sites for hydroxylation is 1. The number of carbonyl (C=O) groups excluding carboxylic acids is 1. The summed E-state index contributed by atoms with van der Waals surface area (Å²) in [7, 11) is 0. The number of nitrogens with one attached hydrogen (secondary N) is 2. The highest BCUT2D eigenvalue weighted by Gasteiger charge is 2.35. The van der Waals surface area contributed by atoms with Gasteiger partial charge >= 0.3 is 0 Å². The number of hydrogen-bond donors (Lipinski definition) is 2. The lowest BCUT2D eigenvalue weighted by molar-refractivity contribution is -0.113. The first-order chi connectivity index (χ1) is 16.4. The van der Waals surface area contributed by atoms with E-state index in [0.717, 1.165) is 16.7 Å². The first kappa shape index (κ1) is 22.2. The van der Waals surface area contributed by atoms with E-state index in [1.165, 1.54) is 0 Å². The predicted octanol–water partition coefficient (Wildman–Crippen LogP) is 6.49. The molecule has 5 rings (SSSR count). The summed E-state index contributed by atoms with van der Waals surface area (Å²) in [6.07, 6.45) is 0. The van der Waals surface area contributed by atoms with Gasteiger partial charge in [0.1, 0.15) is 6.04 Å². The average Bonchev–Trinajstić information content (AvgIpc) is 3.24. The number of hydrogen-bond acceptors (Lipinski definition) is 4. The molecule has 34 heavy (non-hydrogen) atoms. The molecule has 0 fully saturated rings. The molecule has 2 heterocycles. The molecule has 3 aromatic carbocycles. The average molecular weight is 490 g/mol. The lowest BCUT2D eigenvalue weighted by Crippen LogP contribution is -2.31. The van der Waals surface area contributed by atoms with Crippen molar-refractivity contribution in [1.82, 2.24) is 14.8 Å². The maximum Gasteiger partial charge on any atom is 0.255 e. The molecule has 0 radical (unpaired) electrons. The molecular weight excluding hydrogens is 469 g/mol. The van der Waals surface area contributed by atoms with E-state index in [4.69, 9.17) is 33.3 Å². The Kier molecular flexibility index (Phi) is 5.86. The molecule has 1 amide bonds. The number of nitrogens with zero attached hydrogens (tertiary/aromatic N) is 3. The zero-order valence-corrected chi connectivity index (χ0v) is 20.0. The van der Waals surface area contributed by atoms with E-state index in [1.807, 2.05) is 74.5 Å². The molecule has 170 valence electrons. The van der Waals surface area contributed by atoms with E-state index in [2.05, 4.69) is 10.6 Å². The van der Waals surface area contributed by atoms with Crippen molar-refractivity contribution >= 4 is 40.7 Å². The molecule has 1 aliphatic rings. The highest BCUT2D eigenvalue weighted by Crippen LogP contribution is 2.38. The molecule has 8 heteroatoms. The molecule has 1 aromatic heterocycles. The molecule has 2 N–H and O–H groups in total. The van der Waals surface area contributed by atoms with E-state index < -0.39 is 6.04 Å². The second-order valence-electron chi connectivity index (χ2n) is 8.08. The van der Waals surface area contributed by atoms with Crippen LogP contribution in [0.1, 0.15) is 24.1 Å². The number of benzene rings is 3. The zero-order chi connectivity index (χ0) is 23.8. The van der Waals surface area contributed by atoms with Crippen LogP contribution in [0.2, 0.25) is 10.0 Å². The fourth-order valence-corrected chi connectivity index (χ4v) is 4.40. The fraction of sp³-hybridized carbons (Fsp3) is 0.115. The van der Waals surface area contributed by atoms with Crippen LogP contribution in [0, 0.1) is 6.92 Å². The minimum atomic E-state index is -0.556. The third-order valence-electron chi connectivity index (χ3n) is 5.77. The third kappa shape index (κ3) is 4.06. The zero-order valence-electron chi connectivity index (χ0n) is 18.5. The van der Waals surface area contributed by atoms with E-state index in [1.54, 1.807) is 16.8 Å². The van der Waals surface area contributed by atoms with Crippen LogP contribution in [0.15, 0.2) is 84.1 Å². The Morgan fingerprint density at radius 3 is 2.44 bits per heavy atom. The molecule has 0 aliphatic carbocycles. The van der Waals surface area contributed by atoms with Crippen LogP contribution < -0.4 is 10.6 Å². The summed E-state index contributed by atoms with van der Waals surface area (Å²) < 4.78 is 1.73. The number of carbonyl (C=O) groups is 1. The Morgan fingerprint density at radius 1 is 0.971 bits per heavy atom. The number of aromatic nitrogens is 3. The maximum atomic E-state index is 13.5. The van der Waals surface area contributed by atoms with Gasteiger partial charge in [-0.05, 0) is 49.2 Å². The van der Waals surface area contributed by atoms with E-state index in [0.29, 0.717) is 38.8 Å². The molecule has 1 atom stereocenters. The summed E-state index contributed by atoms with van der Waals surface area (Å²) in [6, 6.07) is 22.0. The van der Waals surface area contributed by atoms with Crippen LogP contribution in [0.25, 0.3) is 11.4 Å². The largest absolute Gasteiger partial charge is 0.328 e. The summed E-state index contributed by atoms with van der Waals surface area (Å²) in [5.41, 5.74) is 4.65.